The minimum Gasteiger partial charge on any atom is -0.497 e. The van der Waals surface area contributed by atoms with Gasteiger partial charge in [-0.15, -0.1) is 11.3 Å². The molecule has 2 aromatic carbocycles. The Morgan fingerprint density at radius 3 is 2.71 bits per heavy atom. The van der Waals surface area contributed by atoms with Crippen molar-refractivity contribution in [3.63, 3.8) is 0 Å². The molecule has 2 aromatic heterocycles. The number of thiophene rings is 1. The predicted molar refractivity (Wildman–Crippen MR) is 146 cm³/mol. The zero-order chi connectivity index (χ0) is 26.5. The lowest BCUT2D eigenvalue weighted by Gasteiger charge is -2.37. The monoisotopic (exact) mass is 550 g/mol. The maximum atomic E-state index is 13.8. The maximum absolute atomic E-state index is 13.8. The molecule has 2 amide bonds. The van der Waals surface area contributed by atoms with Gasteiger partial charge in [-0.05, 0) is 78.0 Å². The van der Waals surface area contributed by atoms with Gasteiger partial charge in [-0.3, -0.25) is 9.59 Å². The quantitative estimate of drug-likeness (QED) is 0.261. The van der Waals surface area contributed by atoms with Gasteiger partial charge in [0.1, 0.15) is 30.4 Å². The number of hydrogen-bond acceptors (Lipinski definition) is 6. The van der Waals surface area contributed by atoms with E-state index in [1.54, 1.807) is 73.2 Å². The highest BCUT2D eigenvalue weighted by molar-refractivity contribution is 7.10. The molecule has 0 saturated carbocycles. The Kier molecular flexibility index (Phi) is 8.00. The maximum Gasteiger partial charge on any atom is 0.254 e. The summed E-state index contributed by atoms with van der Waals surface area (Å²) in [5.74, 6) is 1.40. The Labute approximate surface area is 230 Å². The third kappa shape index (κ3) is 5.87. The van der Waals surface area contributed by atoms with E-state index in [-0.39, 0.29) is 30.9 Å². The summed E-state index contributed by atoms with van der Waals surface area (Å²) in [6.07, 6.45) is 2.32. The van der Waals surface area contributed by atoms with Crippen LogP contribution < -0.4 is 9.47 Å². The summed E-state index contributed by atoms with van der Waals surface area (Å²) in [5.41, 5.74) is 1.52. The van der Waals surface area contributed by atoms with E-state index in [0.29, 0.717) is 41.0 Å². The van der Waals surface area contributed by atoms with Gasteiger partial charge in [0, 0.05) is 22.0 Å². The largest absolute Gasteiger partial charge is 0.497 e. The van der Waals surface area contributed by atoms with Crippen molar-refractivity contribution in [3.05, 3.63) is 105 Å². The van der Waals surface area contributed by atoms with Crippen LogP contribution >= 0.6 is 22.9 Å². The molecule has 0 saturated heterocycles. The molecular weight excluding hydrogens is 524 g/mol. The van der Waals surface area contributed by atoms with Crippen LogP contribution in [0.1, 0.15) is 32.6 Å². The van der Waals surface area contributed by atoms with Crippen LogP contribution in [0, 0.1) is 0 Å². The van der Waals surface area contributed by atoms with E-state index in [1.807, 2.05) is 22.4 Å². The van der Waals surface area contributed by atoms with E-state index < -0.39 is 0 Å². The summed E-state index contributed by atoms with van der Waals surface area (Å²) in [6.45, 7) is 0.897. The number of ether oxygens (including phenoxy) is 2. The molecular formula is C29H27ClN2O5S. The highest BCUT2D eigenvalue weighted by Gasteiger charge is 2.34. The SMILES string of the molecule is COc1cccc(C(=O)N(CC(=O)N2CCc3sccc3[C@H]2COc2ccc(Cl)cc2)Cc2ccco2)c1. The Bertz CT molecular complexity index is 1390. The van der Waals surface area contributed by atoms with Crippen LogP contribution in [-0.4, -0.2) is 48.4 Å². The van der Waals surface area contributed by atoms with Gasteiger partial charge in [0.2, 0.25) is 5.91 Å². The van der Waals surface area contributed by atoms with E-state index in [1.165, 1.54) is 9.78 Å². The van der Waals surface area contributed by atoms with Gasteiger partial charge in [-0.1, -0.05) is 17.7 Å². The van der Waals surface area contributed by atoms with Gasteiger partial charge in [-0.25, -0.2) is 0 Å². The first kappa shape index (κ1) is 25.9. The number of rotatable bonds is 9. The number of furan rings is 1. The molecule has 196 valence electrons. The summed E-state index contributed by atoms with van der Waals surface area (Å²) >= 11 is 7.70. The van der Waals surface area contributed by atoms with E-state index in [4.69, 9.17) is 25.5 Å². The summed E-state index contributed by atoms with van der Waals surface area (Å²) in [7, 11) is 1.55. The zero-order valence-electron chi connectivity index (χ0n) is 20.8. The van der Waals surface area contributed by atoms with Crippen molar-refractivity contribution < 1.29 is 23.5 Å². The standard InChI is InChI=1S/C29H27ClN2O5S/c1-35-23-5-2-4-20(16-23)29(34)31(17-24-6-3-14-36-24)18-28(33)32-13-11-27-25(12-15-38-27)26(32)19-37-22-9-7-21(30)8-10-22/h2-10,12,14-16,26H,11,13,17-19H2,1H3/t26-/m1/s1. The molecule has 3 heterocycles. The average molecular weight is 551 g/mol. The van der Waals surface area contributed by atoms with Gasteiger partial charge in [0.15, 0.2) is 0 Å². The second-order valence-electron chi connectivity index (χ2n) is 8.89. The number of amides is 2. The number of hydrogen-bond donors (Lipinski definition) is 0. The Morgan fingerprint density at radius 1 is 1.11 bits per heavy atom. The van der Waals surface area contributed by atoms with Crippen LogP contribution in [0.2, 0.25) is 5.02 Å². The molecule has 4 aromatic rings. The molecule has 5 rings (SSSR count). The minimum absolute atomic E-state index is 0.104. The fourth-order valence-corrected chi connectivity index (χ4v) is 5.62. The van der Waals surface area contributed by atoms with Crippen molar-refractivity contribution in [3.8, 4) is 11.5 Å². The van der Waals surface area contributed by atoms with Crippen molar-refractivity contribution in [1.82, 2.24) is 9.80 Å². The highest BCUT2D eigenvalue weighted by Crippen LogP contribution is 2.34. The molecule has 0 bridgehead atoms. The first-order chi connectivity index (χ1) is 18.5. The summed E-state index contributed by atoms with van der Waals surface area (Å²) in [4.78, 5) is 31.9. The van der Waals surface area contributed by atoms with E-state index in [2.05, 4.69) is 6.07 Å². The number of carbonyl (C=O) groups is 2. The second-order valence-corrected chi connectivity index (χ2v) is 10.3. The molecule has 0 aliphatic carbocycles. The molecule has 1 aliphatic rings. The fraction of sp³-hybridized carbons (Fsp3) is 0.241. The smallest absolute Gasteiger partial charge is 0.254 e. The van der Waals surface area contributed by atoms with Crippen LogP contribution in [0.3, 0.4) is 0 Å². The minimum atomic E-state index is -0.282. The van der Waals surface area contributed by atoms with Crippen LogP contribution in [0.15, 0.2) is 82.8 Å². The number of halogens is 1. The van der Waals surface area contributed by atoms with E-state index >= 15 is 0 Å². The highest BCUT2D eigenvalue weighted by atomic mass is 35.5. The molecule has 1 aliphatic heterocycles. The van der Waals surface area contributed by atoms with Crippen LogP contribution in [0.5, 0.6) is 11.5 Å². The lowest BCUT2D eigenvalue weighted by Crippen LogP contribution is -2.47. The van der Waals surface area contributed by atoms with Gasteiger partial charge in [-0.2, -0.15) is 0 Å². The zero-order valence-corrected chi connectivity index (χ0v) is 22.4. The summed E-state index contributed by atoms with van der Waals surface area (Å²) in [5, 5.41) is 2.67. The van der Waals surface area contributed by atoms with Crippen molar-refractivity contribution in [1.29, 1.82) is 0 Å². The Hall–Kier alpha value is -3.75. The molecule has 0 unspecified atom stereocenters. The molecule has 7 nitrogen and oxygen atoms in total. The summed E-state index contributed by atoms with van der Waals surface area (Å²) in [6, 6.07) is 19.4. The molecule has 0 spiro atoms. The van der Waals surface area contributed by atoms with E-state index in [0.717, 1.165) is 12.0 Å². The fourth-order valence-electron chi connectivity index (χ4n) is 4.56. The van der Waals surface area contributed by atoms with Crippen molar-refractivity contribution >= 4 is 34.8 Å². The van der Waals surface area contributed by atoms with Gasteiger partial charge < -0.3 is 23.7 Å². The molecule has 0 radical (unpaired) electrons. The van der Waals surface area contributed by atoms with Crippen molar-refractivity contribution in [2.75, 3.05) is 26.8 Å². The van der Waals surface area contributed by atoms with Crippen LogP contribution in [0.4, 0.5) is 0 Å². The van der Waals surface area contributed by atoms with Crippen LogP contribution in [0.25, 0.3) is 0 Å². The number of methoxy groups -OCH3 is 1. The van der Waals surface area contributed by atoms with Crippen molar-refractivity contribution in [2.45, 2.75) is 19.0 Å². The first-order valence-corrected chi connectivity index (χ1v) is 13.5. The second kappa shape index (κ2) is 11.8. The molecule has 1 atom stereocenters. The molecule has 0 fully saturated rings. The van der Waals surface area contributed by atoms with E-state index in [9.17, 15) is 9.59 Å². The normalized spacial score (nSPS) is 14.6. The lowest BCUT2D eigenvalue weighted by atomic mass is 10.0. The average Bonchev–Trinajstić information content (AvgIpc) is 3.64. The Morgan fingerprint density at radius 2 is 1.95 bits per heavy atom. The predicted octanol–water partition coefficient (Wildman–Crippen LogP) is 5.85. The first-order valence-electron chi connectivity index (χ1n) is 12.2. The van der Waals surface area contributed by atoms with Crippen molar-refractivity contribution in [2.24, 2.45) is 0 Å². The molecule has 0 N–H and O–H groups in total. The number of benzene rings is 2. The topological polar surface area (TPSA) is 72.2 Å². The van der Waals surface area contributed by atoms with Gasteiger partial charge in [0.25, 0.3) is 5.91 Å². The lowest BCUT2D eigenvalue weighted by molar-refractivity contribution is -0.135. The number of fused-ring (bicyclic) bond motifs is 1. The summed E-state index contributed by atoms with van der Waals surface area (Å²) < 4.78 is 16.9. The molecule has 38 heavy (non-hydrogen) atoms. The van der Waals surface area contributed by atoms with Gasteiger partial charge in [0.05, 0.1) is 26.0 Å². The number of carbonyl (C=O) groups excluding carboxylic acids is 2. The molecule has 9 heteroatoms. The van der Waals surface area contributed by atoms with Gasteiger partial charge >= 0.3 is 0 Å². The van der Waals surface area contributed by atoms with Crippen LogP contribution in [-0.2, 0) is 17.8 Å². The third-order valence-corrected chi connectivity index (χ3v) is 7.74. The Balaban J connectivity index is 1.37. The number of nitrogens with zero attached hydrogens (tertiary/aromatic N) is 2. The third-order valence-electron chi connectivity index (χ3n) is 6.49.